The molecule has 1 aromatic heterocycles. The fourth-order valence-electron chi connectivity index (χ4n) is 3.28. The first kappa shape index (κ1) is 15.5. The molecule has 1 aliphatic heterocycles. The molecule has 5 heteroatoms. The molecule has 2 aliphatic rings. The van der Waals surface area contributed by atoms with Crippen LogP contribution in [-0.2, 0) is 17.6 Å². The Hall–Kier alpha value is -1.36. The van der Waals surface area contributed by atoms with E-state index in [2.05, 4.69) is 5.32 Å². The standard InChI is InChI=1S/C17H24N2O2S/c20-16(19-9-5-6-10-19)12-18-17(21)15-11-13-7-3-1-2-4-8-14(13)22-15/h11H,1-10,12H2,(H,18,21). The molecule has 1 aliphatic carbocycles. The van der Waals surface area contributed by atoms with Crippen LogP contribution in [0, 0.1) is 0 Å². The average molecular weight is 320 g/mol. The quantitative estimate of drug-likeness (QED) is 0.931. The van der Waals surface area contributed by atoms with Gasteiger partial charge in [-0.1, -0.05) is 12.8 Å². The van der Waals surface area contributed by atoms with E-state index in [9.17, 15) is 9.59 Å². The van der Waals surface area contributed by atoms with Gasteiger partial charge in [0.2, 0.25) is 5.91 Å². The molecular weight excluding hydrogens is 296 g/mol. The molecular formula is C17H24N2O2S. The molecule has 0 radical (unpaired) electrons. The second-order valence-corrected chi connectivity index (χ2v) is 7.38. The Morgan fingerprint density at radius 3 is 2.55 bits per heavy atom. The van der Waals surface area contributed by atoms with E-state index in [1.54, 1.807) is 11.3 Å². The number of nitrogens with one attached hydrogen (secondary N) is 1. The third kappa shape index (κ3) is 3.69. The van der Waals surface area contributed by atoms with Gasteiger partial charge in [-0.2, -0.15) is 0 Å². The molecule has 1 N–H and O–H groups in total. The number of thiophene rings is 1. The van der Waals surface area contributed by atoms with Gasteiger partial charge in [0.15, 0.2) is 0 Å². The molecule has 0 aromatic carbocycles. The predicted octanol–water partition coefficient (Wildman–Crippen LogP) is 2.76. The maximum Gasteiger partial charge on any atom is 0.261 e. The number of carbonyl (C=O) groups is 2. The highest BCUT2D eigenvalue weighted by Gasteiger charge is 2.20. The minimum Gasteiger partial charge on any atom is -0.342 e. The Morgan fingerprint density at radius 2 is 1.77 bits per heavy atom. The largest absolute Gasteiger partial charge is 0.342 e. The summed E-state index contributed by atoms with van der Waals surface area (Å²) in [7, 11) is 0. The summed E-state index contributed by atoms with van der Waals surface area (Å²) < 4.78 is 0. The summed E-state index contributed by atoms with van der Waals surface area (Å²) in [5.41, 5.74) is 1.35. The van der Waals surface area contributed by atoms with E-state index >= 15 is 0 Å². The first-order chi connectivity index (χ1) is 10.7. The molecule has 2 amide bonds. The Labute approximate surface area is 135 Å². The maximum atomic E-state index is 12.3. The van der Waals surface area contributed by atoms with Gasteiger partial charge in [0.1, 0.15) is 0 Å². The van der Waals surface area contributed by atoms with E-state index in [1.807, 2.05) is 11.0 Å². The second kappa shape index (κ2) is 7.27. The lowest BCUT2D eigenvalue weighted by atomic mass is 10.00. The summed E-state index contributed by atoms with van der Waals surface area (Å²) >= 11 is 1.61. The number of hydrogen-bond donors (Lipinski definition) is 1. The normalized spacial score (nSPS) is 18.5. The average Bonchev–Trinajstić information content (AvgIpc) is 3.14. The minimum absolute atomic E-state index is 0.0424. The van der Waals surface area contributed by atoms with Gasteiger partial charge in [-0.25, -0.2) is 0 Å². The first-order valence-electron chi connectivity index (χ1n) is 8.41. The minimum atomic E-state index is -0.0932. The second-order valence-electron chi connectivity index (χ2n) is 6.24. The van der Waals surface area contributed by atoms with E-state index in [0.717, 1.165) is 43.6 Å². The van der Waals surface area contributed by atoms with Crippen molar-refractivity contribution in [1.82, 2.24) is 10.2 Å². The van der Waals surface area contributed by atoms with Gasteiger partial charge >= 0.3 is 0 Å². The van der Waals surface area contributed by atoms with Crippen molar-refractivity contribution in [2.45, 2.75) is 51.4 Å². The zero-order valence-corrected chi connectivity index (χ0v) is 13.8. The van der Waals surface area contributed by atoms with Gasteiger partial charge in [-0.3, -0.25) is 9.59 Å². The number of carbonyl (C=O) groups excluding carboxylic acids is 2. The van der Waals surface area contributed by atoms with Crippen LogP contribution in [0.15, 0.2) is 6.07 Å². The highest BCUT2D eigenvalue weighted by Crippen LogP contribution is 2.28. The predicted molar refractivity (Wildman–Crippen MR) is 88.3 cm³/mol. The molecule has 0 spiro atoms. The lowest BCUT2D eigenvalue weighted by Crippen LogP contribution is -2.38. The van der Waals surface area contributed by atoms with E-state index in [1.165, 1.54) is 36.1 Å². The van der Waals surface area contributed by atoms with Crippen LogP contribution in [0.2, 0.25) is 0 Å². The molecule has 0 atom stereocenters. The van der Waals surface area contributed by atoms with E-state index in [4.69, 9.17) is 0 Å². The number of fused-ring (bicyclic) bond motifs is 1. The van der Waals surface area contributed by atoms with Gasteiger partial charge in [-0.05, 0) is 50.2 Å². The molecule has 1 saturated heterocycles. The molecule has 0 unspecified atom stereocenters. The molecule has 4 nitrogen and oxygen atoms in total. The summed E-state index contributed by atoms with van der Waals surface area (Å²) in [4.78, 5) is 28.2. The molecule has 2 heterocycles. The number of amides is 2. The van der Waals surface area contributed by atoms with Crippen LogP contribution in [-0.4, -0.2) is 36.3 Å². The van der Waals surface area contributed by atoms with Crippen LogP contribution >= 0.6 is 11.3 Å². The smallest absolute Gasteiger partial charge is 0.261 e. The van der Waals surface area contributed by atoms with Crippen LogP contribution in [0.1, 0.15) is 58.6 Å². The molecule has 22 heavy (non-hydrogen) atoms. The number of likely N-dealkylation sites (tertiary alicyclic amines) is 1. The molecule has 1 fully saturated rings. The van der Waals surface area contributed by atoms with Crippen LogP contribution in [0.5, 0.6) is 0 Å². The van der Waals surface area contributed by atoms with Crippen molar-refractivity contribution in [3.05, 3.63) is 21.4 Å². The first-order valence-corrected chi connectivity index (χ1v) is 9.23. The van der Waals surface area contributed by atoms with Crippen molar-refractivity contribution >= 4 is 23.2 Å². The zero-order chi connectivity index (χ0) is 15.4. The summed E-state index contributed by atoms with van der Waals surface area (Å²) in [6.07, 6.45) is 9.38. The van der Waals surface area contributed by atoms with Gasteiger partial charge < -0.3 is 10.2 Å². The van der Waals surface area contributed by atoms with Crippen molar-refractivity contribution in [3.8, 4) is 0 Å². The fourth-order valence-corrected chi connectivity index (χ4v) is 4.45. The summed E-state index contributed by atoms with van der Waals surface area (Å²) in [5.74, 6) is -0.0509. The Balaban J connectivity index is 1.57. The number of rotatable bonds is 3. The van der Waals surface area contributed by atoms with Gasteiger partial charge in [0, 0.05) is 18.0 Å². The molecule has 0 saturated carbocycles. The lowest BCUT2D eigenvalue weighted by molar-refractivity contribution is -0.129. The van der Waals surface area contributed by atoms with Gasteiger partial charge in [0.25, 0.3) is 5.91 Å². The van der Waals surface area contributed by atoms with Crippen LogP contribution in [0.4, 0.5) is 0 Å². The van der Waals surface area contributed by atoms with Crippen LogP contribution in [0.3, 0.4) is 0 Å². The Morgan fingerprint density at radius 1 is 1.05 bits per heavy atom. The Kier molecular flexibility index (Phi) is 5.13. The maximum absolute atomic E-state index is 12.3. The Bertz CT molecular complexity index is 521. The third-order valence-electron chi connectivity index (χ3n) is 4.58. The van der Waals surface area contributed by atoms with E-state index in [-0.39, 0.29) is 18.4 Å². The highest BCUT2D eigenvalue weighted by atomic mass is 32.1. The van der Waals surface area contributed by atoms with E-state index in [0.29, 0.717) is 0 Å². The summed E-state index contributed by atoms with van der Waals surface area (Å²) in [6, 6.07) is 2.04. The van der Waals surface area contributed by atoms with Crippen molar-refractivity contribution in [2.24, 2.45) is 0 Å². The molecule has 120 valence electrons. The topological polar surface area (TPSA) is 49.4 Å². The van der Waals surface area contributed by atoms with Crippen molar-refractivity contribution in [1.29, 1.82) is 0 Å². The van der Waals surface area contributed by atoms with E-state index < -0.39 is 0 Å². The lowest BCUT2D eigenvalue weighted by Gasteiger charge is -2.15. The molecule has 3 rings (SSSR count). The van der Waals surface area contributed by atoms with Gasteiger partial charge in [-0.15, -0.1) is 11.3 Å². The SMILES string of the molecule is O=C(NCC(=O)N1CCCC1)c1cc2c(s1)CCCCCC2. The highest BCUT2D eigenvalue weighted by molar-refractivity contribution is 7.14. The summed E-state index contributed by atoms with van der Waals surface area (Å²) in [6.45, 7) is 1.80. The van der Waals surface area contributed by atoms with Crippen molar-refractivity contribution in [2.75, 3.05) is 19.6 Å². The third-order valence-corrected chi connectivity index (χ3v) is 5.82. The van der Waals surface area contributed by atoms with Crippen LogP contribution < -0.4 is 5.32 Å². The van der Waals surface area contributed by atoms with Crippen molar-refractivity contribution in [3.63, 3.8) is 0 Å². The number of nitrogens with zero attached hydrogens (tertiary/aromatic N) is 1. The fraction of sp³-hybridized carbons (Fsp3) is 0.647. The van der Waals surface area contributed by atoms with Crippen molar-refractivity contribution < 1.29 is 9.59 Å². The van der Waals surface area contributed by atoms with Gasteiger partial charge in [0.05, 0.1) is 11.4 Å². The monoisotopic (exact) mass is 320 g/mol. The van der Waals surface area contributed by atoms with Crippen LogP contribution in [0.25, 0.3) is 0 Å². The molecule has 1 aromatic rings. The summed E-state index contributed by atoms with van der Waals surface area (Å²) in [5, 5.41) is 2.80. The molecule has 0 bridgehead atoms. The number of aryl methyl sites for hydroxylation is 2. The zero-order valence-electron chi connectivity index (χ0n) is 13.0. The number of hydrogen-bond acceptors (Lipinski definition) is 3.